The number of nitrogens with zero attached hydrogens (tertiary/aromatic N) is 5. The summed E-state index contributed by atoms with van der Waals surface area (Å²) in [7, 11) is 1.60. The molecule has 3 aromatic heterocycles. The minimum atomic E-state index is 0.412. The number of ether oxygens (including phenoxy) is 1. The number of hydrogen-bond donors (Lipinski definition) is 0. The molecular formula is C15H9Cl2N5OS. The molecule has 0 fully saturated rings. The first-order chi connectivity index (χ1) is 11.7. The molecule has 9 heteroatoms. The van der Waals surface area contributed by atoms with Crippen LogP contribution in [0.3, 0.4) is 0 Å². The summed E-state index contributed by atoms with van der Waals surface area (Å²) in [5.74, 6) is 1.24. The Kier molecular flexibility index (Phi) is 3.84. The summed E-state index contributed by atoms with van der Waals surface area (Å²) < 4.78 is 6.91. The van der Waals surface area contributed by atoms with Crippen LogP contribution >= 0.6 is 34.5 Å². The molecule has 0 bridgehead atoms. The van der Waals surface area contributed by atoms with Crippen molar-refractivity contribution in [3.8, 4) is 27.7 Å². The highest BCUT2D eigenvalue weighted by Gasteiger charge is 2.17. The highest BCUT2D eigenvalue weighted by molar-refractivity contribution is 7.19. The fraction of sp³-hybridized carbons (Fsp3) is 0.0667. The fourth-order valence-electron chi connectivity index (χ4n) is 2.24. The minimum absolute atomic E-state index is 0.412. The molecule has 3 heterocycles. The lowest BCUT2D eigenvalue weighted by Crippen LogP contribution is -1.93. The van der Waals surface area contributed by atoms with Crippen molar-refractivity contribution in [1.82, 2.24) is 24.8 Å². The summed E-state index contributed by atoms with van der Waals surface area (Å²) in [6.45, 7) is 0. The van der Waals surface area contributed by atoms with Crippen LogP contribution in [0, 0.1) is 0 Å². The Morgan fingerprint density at radius 1 is 1.12 bits per heavy atom. The first kappa shape index (κ1) is 15.3. The van der Waals surface area contributed by atoms with Gasteiger partial charge in [0.05, 0.1) is 12.1 Å². The van der Waals surface area contributed by atoms with Gasteiger partial charge in [0.15, 0.2) is 5.82 Å². The quantitative estimate of drug-likeness (QED) is 0.499. The summed E-state index contributed by atoms with van der Waals surface area (Å²) >= 11 is 13.7. The first-order valence-corrected chi connectivity index (χ1v) is 8.41. The summed E-state index contributed by atoms with van der Waals surface area (Å²) in [6.07, 6.45) is 1.64. The van der Waals surface area contributed by atoms with Gasteiger partial charge < -0.3 is 4.74 Å². The lowest BCUT2D eigenvalue weighted by molar-refractivity contribution is 0.415. The molecule has 1 aromatic carbocycles. The van der Waals surface area contributed by atoms with Crippen LogP contribution < -0.4 is 4.74 Å². The van der Waals surface area contributed by atoms with Gasteiger partial charge in [-0.05, 0) is 30.3 Å². The second-order valence-electron chi connectivity index (χ2n) is 4.84. The van der Waals surface area contributed by atoms with Crippen LogP contribution in [0.1, 0.15) is 0 Å². The van der Waals surface area contributed by atoms with Gasteiger partial charge in [-0.15, -0.1) is 10.2 Å². The van der Waals surface area contributed by atoms with Crippen LogP contribution in [-0.2, 0) is 0 Å². The number of fused-ring (bicyclic) bond motifs is 1. The lowest BCUT2D eigenvalue weighted by Gasteiger charge is -2.04. The Morgan fingerprint density at radius 2 is 2.00 bits per heavy atom. The maximum absolute atomic E-state index is 6.30. The van der Waals surface area contributed by atoms with E-state index in [2.05, 4.69) is 20.3 Å². The second-order valence-corrected chi connectivity index (χ2v) is 6.59. The average molecular weight is 378 g/mol. The second kappa shape index (κ2) is 6.01. The number of halogens is 2. The highest BCUT2D eigenvalue weighted by Crippen LogP contribution is 2.33. The first-order valence-electron chi connectivity index (χ1n) is 6.84. The van der Waals surface area contributed by atoms with Crippen LogP contribution in [0.15, 0.2) is 36.5 Å². The van der Waals surface area contributed by atoms with Crippen molar-refractivity contribution in [2.45, 2.75) is 0 Å². The molecule has 0 unspecified atom stereocenters. The number of methoxy groups -OCH3 is 1. The average Bonchev–Trinajstić information content (AvgIpc) is 3.16. The molecule has 0 aliphatic carbocycles. The van der Waals surface area contributed by atoms with Gasteiger partial charge in [0.1, 0.15) is 15.9 Å². The van der Waals surface area contributed by atoms with Gasteiger partial charge in [-0.25, -0.2) is 4.98 Å². The Labute approximate surface area is 150 Å². The topological polar surface area (TPSA) is 65.2 Å². The van der Waals surface area contributed by atoms with E-state index < -0.39 is 0 Å². The van der Waals surface area contributed by atoms with Crippen molar-refractivity contribution in [2.24, 2.45) is 0 Å². The smallest absolute Gasteiger partial charge is 0.235 e. The SMILES string of the molecule is COc1ccc(Cl)c(-c2nnc3sc(-c4ccnc(Cl)c4)nn23)c1. The van der Waals surface area contributed by atoms with Crippen molar-refractivity contribution in [1.29, 1.82) is 0 Å². The number of benzene rings is 1. The summed E-state index contributed by atoms with van der Waals surface area (Å²) in [6, 6.07) is 8.95. The maximum atomic E-state index is 6.30. The fourth-order valence-corrected chi connectivity index (χ4v) is 3.45. The Bertz CT molecular complexity index is 1050. The van der Waals surface area contributed by atoms with Gasteiger partial charge in [0, 0.05) is 17.3 Å². The van der Waals surface area contributed by atoms with E-state index in [1.807, 2.05) is 6.07 Å². The zero-order chi connectivity index (χ0) is 16.7. The highest BCUT2D eigenvalue weighted by atomic mass is 35.5. The number of pyridine rings is 1. The predicted molar refractivity (Wildman–Crippen MR) is 93.9 cm³/mol. The number of hydrogen-bond acceptors (Lipinski definition) is 6. The van der Waals surface area contributed by atoms with Crippen molar-refractivity contribution in [2.75, 3.05) is 7.11 Å². The summed E-state index contributed by atoms with van der Waals surface area (Å²) in [5, 5.41) is 14.7. The van der Waals surface area contributed by atoms with Gasteiger partial charge in [0.2, 0.25) is 4.96 Å². The van der Waals surface area contributed by atoms with E-state index >= 15 is 0 Å². The van der Waals surface area contributed by atoms with Crippen LogP contribution in [0.5, 0.6) is 5.75 Å². The maximum Gasteiger partial charge on any atom is 0.235 e. The van der Waals surface area contributed by atoms with Crippen molar-refractivity contribution >= 4 is 39.5 Å². The van der Waals surface area contributed by atoms with E-state index in [0.717, 1.165) is 10.6 Å². The zero-order valence-corrected chi connectivity index (χ0v) is 14.6. The largest absolute Gasteiger partial charge is 0.497 e. The number of rotatable bonds is 3. The monoisotopic (exact) mass is 377 g/mol. The number of aromatic nitrogens is 5. The molecule has 0 aliphatic heterocycles. The van der Waals surface area contributed by atoms with Gasteiger partial charge in [-0.3, -0.25) is 0 Å². The van der Waals surface area contributed by atoms with E-state index in [4.69, 9.17) is 27.9 Å². The van der Waals surface area contributed by atoms with Gasteiger partial charge >= 0.3 is 0 Å². The Hall–Kier alpha value is -2.22. The molecule has 0 aliphatic rings. The molecular weight excluding hydrogens is 369 g/mol. The van der Waals surface area contributed by atoms with E-state index in [9.17, 15) is 0 Å². The van der Waals surface area contributed by atoms with Gasteiger partial charge in [0.25, 0.3) is 0 Å². The van der Waals surface area contributed by atoms with Gasteiger partial charge in [-0.1, -0.05) is 34.5 Å². The van der Waals surface area contributed by atoms with Crippen LogP contribution in [0.4, 0.5) is 0 Å². The zero-order valence-electron chi connectivity index (χ0n) is 12.3. The minimum Gasteiger partial charge on any atom is -0.497 e. The molecule has 0 radical (unpaired) electrons. The normalized spacial score (nSPS) is 11.1. The molecule has 0 saturated carbocycles. The van der Waals surface area contributed by atoms with Crippen molar-refractivity contribution in [3.05, 3.63) is 46.7 Å². The summed E-state index contributed by atoms with van der Waals surface area (Å²) in [5.41, 5.74) is 1.57. The predicted octanol–water partition coefficient (Wildman–Crippen LogP) is 4.23. The van der Waals surface area contributed by atoms with E-state index in [-0.39, 0.29) is 0 Å². The molecule has 120 valence electrons. The molecule has 0 atom stereocenters. The molecule has 0 spiro atoms. The van der Waals surface area contributed by atoms with E-state index in [0.29, 0.717) is 32.3 Å². The van der Waals surface area contributed by atoms with E-state index in [1.165, 1.54) is 11.3 Å². The molecule has 4 rings (SSSR count). The third kappa shape index (κ3) is 2.60. The van der Waals surface area contributed by atoms with E-state index in [1.54, 1.807) is 42.1 Å². The van der Waals surface area contributed by atoms with Crippen LogP contribution in [-0.4, -0.2) is 31.9 Å². The third-order valence-corrected chi connectivity index (χ3v) is 4.86. The summed E-state index contributed by atoms with van der Waals surface area (Å²) in [4.78, 5) is 4.64. The Balaban J connectivity index is 1.86. The Morgan fingerprint density at radius 3 is 2.79 bits per heavy atom. The molecule has 4 aromatic rings. The van der Waals surface area contributed by atoms with Crippen LogP contribution in [0.2, 0.25) is 10.2 Å². The van der Waals surface area contributed by atoms with Crippen LogP contribution in [0.25, 0.3) is 26.9 Å². The standard InChI is InChI=1S/C15H9Cl2N5OS/c1-23-9-2-3-11(16)10(7-9)13-19-20-15-22(13)21-14(24-15)8-4-5-18-12(17)6-8/h2-7H,1H3. The molecule has 0 N–H and O–H groups in total. The molecule has 24 heavy (non-hydrogen) atoms. The van der Waals surface area contributed by atoms with Crippen molar-refractivity contribution < 1.29 is 4.74 Å². The lowest BCUT2D eigenvalue weighted by atomic mass is 10.2. The van der Waals surface area contributed by atoms with Gasteiger partial charge in [-0.2, -0.15) is 9.61 Å². The van der Waals surface area contributed by atoms with Crippen molar-refractivity contribution in [3.63, 3.8) is 0 Å². The molecule has 0 amide bonds. The molecule has 0 saturated heterocycles. The molecule has 6 nitrogen and oxygen atoms in total. The third-order valence-electron chi connectivity index (χ3n) is 3.38.